The van der Waals surface area contributed by atoms with E-state index in [2.05, 4.69) is 82.4 Å². The Kier molecular flexibility index (Phi) is 7.46. The van der Waals surface area contributed by atoms with Crippen molar-refractivity contribution in [3.63, 3.8) is 0 Å². The lowest BCUT2D eigenvalue weighted by Crippen LogP contribution is -2.53. The Bertz CT molecular complexity index is 1250. The van der Waals surface area contributed by atoms with Crippen LogP contribution in [0, 0.1) is 0 Å². The molecule has 190 valence electrons. The highest BCUT2D eigenvalue weighted by Crippen LogP contribution is 2.52. The van der Waals surface area contributed by atoms with Crippen LogP contribution in [0.5, 0.6) is 5.75 Å². The summed E-state index contributed by atoms with van der Waals surface area (Å²) in [5.41, 5.74) is 3.45. The van der Waals surface area contributed by atoms with E-state index in [1.807, 2.05) is 31.2 Å². The van der Waals surface area contributed by atoms with Gasteiger partial charge in [-0.05, 0) is 78.3 Å². The van der Waals surface area contributed by atoms with Crippen molar-refractivity contribution in [2.45, 2.75) is 70.9 Å². The number of nitrogens with zero attached hydrogens (tertiary/aromatic N) is 1. The summed E-state index contributed by atoms with van der Waals surface area (Å²) in [7, 11) is 0. The van der Waals surface area contributed by atoms with Crippen molar-refractivity contribution in [2.75, 3.05) is 6.61 Å². The summed E-state index contributed by atoms with van der Waals surface area (Å²) in [6.07, 6.45) is 1.62. The van der Waals surface area contributed by atoms with Crippen molar-refractivity contribution >= 4 is 29.0 Å². The Balaban J connectivity index is 1.97. The van der Waals surface area contributed by atoms with Crippen LogP contribution in [0.3, 0.4) is 0 Å². The summed E-state index contributed by atoms with van der Waals surface area (Å²) in [6.45, 7) is 13.7. The zero-order chi connectivity index (χ0) is 26.1. The SMILES string of the molecule is CCOc1cc(C(C)(C)C)ccc1C1=NC(CC)(c2ccc(Cl)cc2)C(CC)(c2ccc(Cl)cc2)N1. The molecule has 3 nitrogen and oxygen atoms in total. The van der Waals surface area contributed by atoms with Gasteiger partial charge < -0.3 is 10.1 Å². The zero-order valence-electron chi connectivity index (χ0n) is 22.1. The first-order chi connectivity index (χ1) is 17.1. The average molecular weight is 524 g/mol. The molecule has 1 N–H and O–H groups in total. The molecule has 0 saturated heterocycles. The molecule has 3 aromatic carbocycles. The van der Waals surface area contributed by atoms with Gasteiger partial charge in [0.15, 0.2) is 0 Å². The summed E-state index contributed by atoms with van der Waals surface area (Å²) in [5.74, 6) is 1.69. The normalized spacial score (nSPS) is 21.7. The van der Waals surface area contributed by atoms with Crippen molar-refractivity contribution in [1.82, 2.24) is 5.32 Å². The van der Waals surface area contributed by atoms with E-state index in [0.29, 0.717) is 16.7 Å². The zero-order valence-corrected chi connectivity index (χ0v) is 23.6. The minimum Gasteiger partial charge on any atom is -0.493 e. The van der Waals surface area contributed by atoms with Crippen molar-refractivity contribution in [1.29, 1.82) is 0 Å². The summed E-state index contributed by atoms with van der Waals surface area (Å²) in [4.78, 5) is 5.52. The van der Waals surface area contributed by atoms with Gasteiger partial charge >= 0.3 is 0 Å². The third-order valence-corrected chi connectivity index (χ3v) is 7.95. The minimum absolute atomic E-state index is 0.0161. The monoisotopic (exact) mass is 522 g/mol. The predicted molar refractivity (Wildman–Crippen MR) is 153 cm³/mol. The summed E-state index contributed by atoms with van der Waals surface area (Å²) in [5, 5.41) is 5.34. The fourth-order valence-electron chi connectivity index (χ4n) is 5.46. The highest BCUT2D eigenvalue weighted by Gasteiger charge is 2.56. The number of halogens is 2. The van der Waals surface area contributed by atoms with Gasteiger partial charge in [0.05, 0.1) is 17.7 Å². The first-order valence-electron chi connectivity index (χ1n) is 12.8. The second-order valence-electron chi connectivity index (χ2n) is 10.5. The van der Waals surface area contributed by atoms with Gasteiger partial charge in [-0.15, -0.1) is 0 Å². The van der Waals surface area contributed by atoms with Gasteiger partial charge in [0.2, 0.25) is 0 Å². The smallest absolute Gasteiger partial charge is 0.133 e. The minimum atomic E-state index is -0.554. The molecule has 0 spiro atoms. The molecular formula is C31H36Cl2N2O. The Morgan fingerprint density at radius 3 is 1.89 bits per heavy atom. The number of ether oxygens (including phenoxy) is 1. The van der Waals surface area contributed by atoms with E-state index in [9.17, 15) is 0 Å². The van der Waals surface area contributed by atoms with Crippen LogP contribution in [0.1, 0.15) is 76.6 Å². The van der Waals surface area contributed by atoms with Crippen LogP contribution in [-0.2, 0) is 16.5 Å². The lowest BCUT2D eigenvalue weighted by Gasteiger charge is -2.44. The van der Waals surface area contributed by atoms with Crippen molar-refractivity contribution < 1.29 is 4.74 Å². The molecule has 2 atom stereocenters. The van der Waals surface area contributed by atoms with Crippen molar-refractivity contribution in [3.05, 3.63) is 99.0 Å². The molecule has 0 aromatic heterocycles. The van der Waals surface area contributed by atoms with Crippen LogP contribution < -0.4 is 10.1 Å². The molecule has 0 aliphatic carbocycles. The summed E-state index contributed by atoms with van der Waals surface area (Å²) >= 11 is 12.6. The maximum atomic E-state index is 6.30. The summed E-state index contributed by atoms with van der Waals surface area (Å²) in [6, 6.07) is 22.8. The van der Waals surface area contributed by atoms with Gasteiger partial charge in [-0.2, -0.15) is 0 Å². The number of amidine groups is 1. The lowest BCUT2D eigenvalue weighted by molar-refractivity contribution is 0.205. The molecule has 4 rings (SSSR count). The van der Waals surface area contributed by atoms with Crippen LogP contribution >= 0.6 is 23.2 Å². The number of nitrogens with one attached hydrogen (secondary N) is 1. The van der Waals surface area contributed by atoms with Gasteiger partial charge in [0, 0.05) is 10.0 Å². The fourth-order valence-corrected chi connectivity index (χ4v) is 5.71. The first kappa shape index (κ1) is 26.6. The second-order valence-corrected chi connectivity index (χ2v) is 11.3. The standard InChI is InChI=1S/C31H36Cl2N2O/c1-7-30(21-10-15-24(32)16-11-21)31(8-2,22-12-17-25(33)18-13-22)35-28(34-30)26-19-14-23(29(4,5)6)20-27(26)36-9-3/h10-20H,7-9H2,1-6H3,(H,34,35). The third kappa shape index (κ3) is 4.53. The Hall–Kier alpha value is -2.49. The van der Waals surface area contributed by atoms with Crippen molar-refractivity contribution in [2.24, 2.45) is 4.99 Å². The van der Waals surface area contributed by atoms with Gasteiger partial charge in [-0.25, -0.2) is 0 Å². The maximum Gasteiger partial charge on any atom is 0.133 e. The van der Waals surface area contributed by atoms with Crippen LogP contribution in [0.25, 0.3) is 0 Å². The molecule has 1 heterocycles. The molecule has 2 unspecified atom stereocenters. The van der Waals surface area contributed by atoms with E-state index in [1.54, 1.807) is 0 Å². The van der Waals surface area contributed by atoms with E-state index >= 15 is 0 Å². The van der Waals surface area contributed by atoms with Gasteiger partial charge in [0.1, 0.15) is 17.1 Å². The highest BCUT2D eigenvalue weighted by atomic mass is 35.5. The molecule has 3 aromatic rings. The number of rotatable bonds is 7. The van der Waals surface area contributed by atoms with Gasteiger partial charge in [-0.3, -0.25) is 4.99 Å². The Morgan fingerprint density at radius 2 is 1.39 bits per heavy atom. The van der Waals surface area contributed by atoms with E-state index in [0.717, 1.165) is 41.1 Å². The van der Waals surface area contributed by atoms with Crippen LogP contribution in [0.15, 0.2) is 71.7 Å². The number of hydrogen-bond acceptors (Lipinski definition) is 3. The highest BCUT2D eigenvalue weighted by molar-refractivity contribution is 6.30. The molecule has 1 aliphatic heterocycles. The van der Waals surface area contributed by atoms with Gasteiger partial charge in [-0.1, -0.05) is 88.2 Å². The van der Waals surface area contributed by atoms with Crippen molar-refractivity contribution in [3.8, 4) is 5.75 Å². The first-order valence-corrected chi connectivity index (χ1v) is 13.5. The largest absolute Gasteiger partial charge is 0.493 e. The second kappa shape index (κ2) is 10.1. The molecule has 0 fully saturated rings. The Morgan fingerprint density at radius 1 is 0.806 bits per heavy atom. The van der Waals surface area contributed by atoms with E-state index in [4.69, 9.17) is 32.9 Å². The lowest BCUT2D eigenvalue weighted by atomic mass is 9.66. The number of hydrogen-bond donors (Lipinski definition) is 1. The van der Waals surface area contributed by atoms with E-state index in [-0.39, 0.29) is 5.41 Å². The van der Waals surface area contributed by atoms with E-state index < -0.39 is 11.1 Å². The van der Waals surface area contributed by atoms with Crippen LogP contribution in [-0.4, -0.2) is 12.4 Å². The Labute approximate surface area is 225 Å². The van der Waals surface area contributed by atoms with Crippen LogP contribution in [0.2, 0.25) is 10.0 Å². The molecule has 1 aliphatic rings. The van der Waals surface area contributed by atoms with E-state index in [1.165, 1.54) is 5.56 Å². The average Bonchev–Trinajstić information content (AvgIpc) is 3.21. The predicted octanol–water partition coefficient (Wildman–Crippen LogP) is 8.65. The number of benzene rings is 3. The topological polar surface area (TPSA) is 33.6 Å². The molecule has 5 heteroatoms. The fraction of sp³-hybridized carbons (Fsp3) is 0.387. The summed E-state index contributed by atoms with van der Waals surface area (Å²) < 4.78 is 6.18. The molecule has 36 heavy (non-hydrogen) atoms. The number of aliphatic imine (C=N–C) groups is 1. The molecule has 0 amide bonds. The third-order valence-electron chi connectivity index (χ3n) is 7.44. The molecule has 0 saturated carbocycles. The molecule has 0 radical (unpaired) electrons. The van der Waals surface area contributed by atoms with Crippen LogP contribution in [0.4, 0.5) is 0 Å². The quantitative estimate of drug-likeness (QED) is 0.336. The van der Waals surface area contributed by atoms with Gasteiger partial charge in [0.25, 0.3) is 0 Å². The molecular weight excluding hydrogens is 487 g/mol. The maximum absolute atomic E-state index is 6.30. The molecule has 0 bridgehead atoms.